The molecule has 258 valence electrons. The fraction of sp³-hybridized carbons (Fsp3) is 0.0189. The van der Waals surface area contributed by atoms with E-state index in [0.29, 0.717) is 0 Å². The van der Waals surface area contributed by atoms with E-state index in [1.165, 1.54) is 80.3 Å². The van der Waals surface area contributed by atoms with E-state index in [1.807, 2.05) is 18.3 Å². The molecule has 0 aliphatic rings. The van der Waals surface area contributed by atoms with Gasteiger partial charge in [-0.25, -0.2) is 0 Å². The van der Waals surface area contributed by atoms with Crippen molar-refractivity contribution in [3.05, 3.63) is 188 Å². The third kappa shape index (κ3) is 5.06. The van der Waals surface area contributed by atoms with E-state index in [4.69, 9.17) is 4.42 Å². The van der Waals surface area contributed by atoms with Crippen molar-refractivity contribution in [2.24, 2.45) is 0 Å². The van der Waals surface area contributed by atoms with Crippen molar-refractivity contribution in [2.75, 3.05) is 0 Å². The summed E-state index contributed by atoms with van der Waals surface area (Å²) in [5.41, 5.74) is 10.1. The molecule has 1 nitrogen and oxygen atoms in total. The highest BCUT2D eigenvalue weighted by atomic mass is 32.1. The van der Waals surface area contributed by atoms with Crippen molar-refractivity contribution in [1.82, 2.24) is 0 Å². The molecule has 0 atom stereocenters. The highest BCUT2D eigenvalue weighted by Crippen LogP contribution is 2.46. The lowest BCUT2D eigenvalue weighted by atomic mass is 9.87. The molecular weight excluding hydrogens is 685 g/mol. The summed E-state index contributed by atoms with van der Waals surface area (Å²) in [6, 6.07) is 59.8. The Morgan fingerprint density at radius 2 is 1.02 bits per heavy atom. The Morgan fingerprint density at radius 3 is 1.76 bits per heavy atom. The van der Waals surface area contributed by atoms with Crippen LogP contribution in [0.1, 0.15) is 12.5 Å². The Hall–Kier alpha value is -6.74. The smallest absolute Gasteiger partial charge is 0.136 e. The Bertz CT molecular complexity index is 3370. The van der Waals surface area contributed by atoms with E-state index in [0.717, 1.165) is 33.1 Å². The fourth-order valence-corrected chi connectivity index (χ4v) is 9.97. The minimum Gasteiger partial charge on any atom is -0.456 e. The quantitative estimate of drug-likeness (QED) is 0.128. The van der Waals surface area contributed by atoms with Gasteiger partial charge in [0.05, 0.1) is 0 Å². The molecule has 0 saturated carbocycles. The van der Waals surface area contributed by atoms with Crippen LogP contribution in [0.5, 0.6) is 0 Å². The van der Waals surface area contributed by atoms with Crippen LogP contribution in [0.4, 0.5) is 0 Å². The van der Waals surface area contributed by atoms with Crippen LogP contribution >= 0.6 is 11.3 Å². The van der Waals surface area contributed by atoms with Gasteiger partial charge in [0.2, 0.25) is 0 Å². The van der Waals surface area contributed by atoms with Gasteiger partial charge in [0.15, 0.2) is 0 Å². The number of allylic oxidation sites excluding steroid dienone is 3. The van der Waals surface area contributed by atoms with E-state index >= 15 is 0 Å². The summed E-state index contributed by atoms with van der Waals surface area (Å²) in [7, 11) is 0. The van der Waals surface area contributed by atoms with E-state index in [2.05, 4.69) is 188 Å². The van der Waals surface area contributed by atoms with E-state index < -0.39 is 0 Å². The van der Waals surface area contributed by atoms with Gasteiger partial charge in [-0.2, -0.15) is 0 Å². The molecule has 0 fully saturated rings. The molecule has 2 heterocycles. The second-order valence-corrected chi connectivity index (χ2v) is 15.4. The van der Waals surface area contributed by atoms with Gasteiger partial charge in [0.25, 0.3) is 0 Å². The highest BCUT2D eigenvalue weighted by Gasteiger charge is 2.18. The normalized spacial score (nSPS) is 12.3. The summed E-state index contributed by atoms with van der Waals surface area (Å²) in [6.45, 7) is 2.05. The third-order valence-corrected chi connectivity index (χ3v) is 12.4. The van der Waals surface area contributed by atoms with Crippen molar-refractivity contribution in [2.45, 2.75) is 6.92 Å². The van der Waals surface area contributed by atoms with E-state index in [1.54, 1.807) is 0 Å². The number of hydrogen-bond acceptors (Lipinski definition) is 2. The number of hydrogen-bond donors (Lipinski definition) is 0. The van der Waals surface area contributed by atoms with Crippen molar-refractivity contribution >= 4 is 91.8 Å². The van der Waals surface area contributed by atoms with Crippen LogP contribution in [0.25, 0.3) is 114 Å². The highest BCUT2D eigenvalue weighted by molar-refractivity contribution is 7.27. The number of benzene rings is 9. The molecule has 0 bridgehead atoms. The van der Waals surface area contributed by atoms with E-state index in [9.17, 15) is 0 Å². The number of fused-ring (bicyclic) bond motifs is 12. The zero-order valence-electron chi connectivity index (χ0n) is 30.2. The minimum atomic E-state index is 0.894. The molecular formula is C53H34OS. The molecule has 0 unspecified atom stereocenters. The second-order valence-electron chi connectivity index (χ2n) is 14.3. The van der Waals surface area contributed by atoms with Crippen LogP contribution < -0.4 is 0 Å². The fourth-order valence-electron chi connectivity index (χ4n) is 8.67. The lowest BCUT2D eigenvalue weighted by molar-refractivity contribution is 0.669. The Morgan fingerprint density at radius 1 is 0.436 bits per heavy atom. The number of thiophene rings is 1. The van der Waals surface area contributed by atoms with Crippen molar-refractivity contribution < 1.29 is 4.42 Å². The maximum atomic E-state index is 6.70. The van der Waals surface area contributed by atoms with Crippen LogP contribution in [0.15, 0.2) is 186 Å². The summed E-state index contributed by atoms with van der Waals surface area (Å²) >= 11 is 1.90. The lowest BCUT2D eigenvalue weighted by Crippen LogP contribution is -1.90. The predicted octanol–water partition coefficient (Wildman–Crippen LogP) is 16.0. The van der Waals surface area contributed by atoms with Gasteiger partial charge in [-0.15, -0.1) is 11.3 Å². The molecule has 9 aromatic carbocycles. The first-order valence-corrected chi connectivity index (χ1v) is 19.7. The number of furan rings is 1. The molecule has 2 aromatic heterocycles. The van der Waals surface area contributed by atoms with Crippen LogP contribution in [0.2, 0.25) is 0 Å². The summed E-state index contributed by atoms with van der Waals surface area (Å²) in [5, 5.41) is 12.6. The monoisotopic (exact) mass is 718 g/mol. The molecule has 11 aromatic rings. The first kappa shape index (κ1) is 31.8. The van der Waals surface area contributed by atoms with Gasteiger partial charge in [-0.3, -0.25) is 0 Å². The first-order valence-electron chi connectivity index (χ1n) is 18.9. The van der Waals surface area contributed by atoms with Gasteiger partial charge < -0.3 is 4.42 Å². The standard InChI is InChI=1S/C53H34OS/c1-2-3-5-16-37-29-47(40-19-9-11-20-43(40)51(37)33-14-6-4-7-15-33)36-25-27-42-41-26-23-34(30-48(41)54-49(42)31-36)35-24-28-46-50(32-35)55-53-45-22-13-10-18-39(45)38-17-8-12-21-44(38)52(46)53/h2-32H,1H3/b3-2-,16-5-. The van der Waals surface area contributed by atoms with Gasteiger partial charge in [-0.1, -0.05) is 152 Å². The summed E-state index contributed by atoms with van der Waals surface area (Å²) < 4.78 is 9.36. The van der Waals surface area contributed by atoms with Crippen LogP contribution in [-0.4, -0.2) is 0 Å². The zero-order valence-corrected chi connectivity index (χ0v) is 31.0. The molecule has 0 N–H and O–H groups in total. The summed E-state index contributed by atoms with van der Waals surface area (Å²) in [6.07, 6.45) is 8.50. The summed E-state index contributed by atoms with van der Waals surface area (Å²) in [5.74, 6) is 0. The van der Waals surface area contributed by atoms with Crippen LogP contribution in [0.3, 0.4) is 0 Å². The van der Waals surface area contributed by atoms with Gasteiger partial charge >= 0.3 is 0 Å². The van der Waals surface area contributed by atoms with Gasteiger partial charge in [0, 0.05) is 36.3 Å². The average molecular weight is 719 g/mol. The Balaban J connectivity index is 1.04. The molecule has 2 heteroatoms. The second kappa shape index (κ2) is 12.7. The molecule has 11 rings (SSSR count). The molecule has 0 spiro atoms. The SMILES string of the molecule is C/C=C\C=C/c1cc(-c2ccc3c(c2)oc2cc(-c4ccc5c(c4)sc4c6ccccc6c6ccccc6c54)ccc23)c2ccccc2c1-c1ccccc1. The van der Waals surface area contributed by atoms with E-state index in [-0.39, 0.29) is 0 Å². The molecule has 0 aliphatic heterocycles. The van der Waals surface area contributed by atoms with Crippen molar-refractivity contribution in [1.29, 1.82) is 0 Å². The van der Waals surface area contributed by atoms with Crippen LogP contribution in [0, 0.1) is 0 Å². The first-order chi connectivity index (χ1) is 27.2. The molecule has 0 saturated heterocycles. The molecule has 0 radical (unpaired) electrons. The summed E-state index contributed by atoms with van der Waals surface area (Å²) in [4.78, 5) is 0. The Kier molecular flexibility index (Phi) is 7.33. The molecule has 0 amide bonds. The maximum Gasteiger partial charge on any atom is 0.136 e. The predicted molar refractivity (Wildman–Crippen MR) is 239 cm³/mol. The molecule has 0 aliphatic carbocycles. The largest absolute Gasteiger partial charge is 0.456 e. The topological polar surface area (TPSA) is 13.1 Å². The lowest BCUT2D eigenvalue weighted by Gasteiger charge is -2.16. The van der Waals surface area contributed by atoms with Crippen LogP contribution in [-0.2, 0) is 0 Å². The zero-order chi connectivity index (χ0) is 36.5. The number of rotatable bonds is 5. The van der Waals surface area contributed by atoms with Crippen molar-refractivity contribution in [3.8, 4) is 33.4 Å². The third-order valence-electron chi connectivity index (χ3n) is 11.2. The minimum absolute atomic E-state index is 0.894. The molecule has 55 heavy (non-hydrogen) atoms. The Labute approximate surface area is 322 Å². The van der Waals surface area contributed by atoms with Gasteiger partial charge in [-0.05, 0) is 109 Å². The van der Waals surface area contributed by atoms with Gasteiger partial charge in [0.1, 0.15) is 11.2 Å². The average Bonchev–Trinajstić information content (AvgIpc) is 3.82. The maximum absolute atomic E-state index is 6.70. The van der Waals surface area contributed by atoms with Crippen molar-refractivity contribution in [3.63, 3.8) is 0 Å².